The molecule has 0 amide bonds. The van der Waals surface area contributed by atoms with Crippen LogP contribution in [0, 0.1) is 6.92 Å². The van der Waals surface area contributed by atoms with E-state index >= 15 is 0 Å². The fraction of sp³-hybridized carbons (Fsp3) is 0.259. The minimum atomic E-state index is 0.0485. The van der Waals surface area contributed by atoms with Gasteiger partial charge in [0.15, 0.2) is 13.6 Å². The number of hydrogen-bond acceptors (Lipinski definition) is 6. The molecule has 2 N–H and O–H groups in total. The van der Waals surface area contributed by atoms with Crippen LogP contribution in [0.4, 0.5) is 0 Å². The van der Waals surface area contributed by atoms with E-state index in [1.807, 2.05) is 63.2 Å². The lowest BCUT2D eigenvalue weighted by Crippen LogP contribution is -2.03. The van der Waals surface area contributed by atoms with Crippen LogP contribution in [-0.2, 0) is 9.47 Å². The Bertz CT molecular complexity index is 1280. The average molecular weight is 449 g/mol. The van der Waals surface area contributed by atoms with E-state index in [9.17, 15) is 10.2 Å². The summed E-state index contributed by atoms with van der Waals surface area (Å²) < 4.78 is 22.5. The van der Waals surface area contributed by atoms with Crippen molar-refractivity contribution in [1.29, 1.82) is 0 Å². The molecule has 172 valence electrons. The zero-order chi connectivity index (χ0) is 23.4. The Kier molecular flexibility index (Phi) is 6.87. The molecule has 0 saturated heterocycles. The first-order valence-electron chi connectivity index (χ1n) is 11.0. The second kappa shape index (κ2) is 9.98. The smallest absolute Gasteiger partial charge is 0.189 e. The van der Waals surface area contributed by atoms with Gasteiger partial charge in [0.1, 0.15) is 23.0 Å². The highest BCUT2D eigenvalue weighted by Crippen LogP contribution is 2.48. The van der Waals surface area contributed by atoms with Crippen LogP contribution in [0.5, 0.6) is 23.0 Å². The summed E-state index contributed by atoms with van der Waals surface area (Å²) in [6.07, 6.45) is 0. The summed E-state index contributed by atoms with van der Waals surface area (Å²) >= 11 is 0. The molecule has 33 heavy (non-hydrogen) atoms. The molecule has 0 radical (unpaired) electrons. The van der Waals surface area contributed by atoms with Gasteiger partial charge in [-0.1, -0.05) is 42.0 Å². The molecule has 0 aliphatic rings. The van der Waals surface area contributed by atoms with Gasteiger partial charge in [0, 0.05) is 45.9 Å². The van der Waals surface area contributed by atoms with Crippen LogP contribution < -0.4 is 9.47 Å². The number of fused-ring (bicyclic) bond motifs is 2. The van der Waals surface area contributed by atoms with Gasteiger partial charge in [-0.05, 0) is 39.0 Å². The maximum Gasteiger partial charge on any atom is 0.189 e. The Morgan fingerprint density at radius 3 is 1.73 bits per heavy atom. The van der Waals surface area contributed by atoms with E-state index in [0.29, 0.717) is 46.6 Å². The molecule has 0 saturated carbocycles. The van der Waals surface area contributed by atoms with E-state index in [0.717, 1.165) is 16.3 Å². The highest BCUT2D eigenvalue weighted by molar-refractivity contribution is 6.04. The zero-order valence-corrected chi connectivity index (χ0v) is 19.1. The predicted octanol–water partition coefficient (Wildman–Crippen LogP) is 6.13. The highest BCUT2D eigenvalue weighted by atomic mass is 16.7. The molecule has 0 atom stereocenters. The molecule has 0 spiro atoms. The third-order valence-electron chi connectivity index (χ3n) is 5.50. The number of rotatable bonds is 9. The molecule has 0 bridgehead atoms. The van der Waals surface area contributed by atoms with E-state index in [1.165, 1.54) is 0 Å². The third kappa shape index (κ3) is 4.53. The van der Waals surface area contributed by atoms with Gasteiger partial charge in [-0.3, -0.25) is 0 Å². The van der Waals surface area contributed by atoms with Crippen LogP contribution in [0.25, 0.3) is 32.7 Å². The van der Waals surface area contributed by atoms with E-state index in [-0.39, 0.29) is 25.1 Å². The summed E-state index contributed by atoms with van der Waals surface area (Å²) in [5.74, 6) is 1.20. The Balaban J connectivity index is 1.94. The second-order valence-electron chi connectivity index (χ2n) is 7.65. The first kappa shape index (κ1) is 22.7. The largest absolute Gasteiger partial charge is 0.507 e. The Morgan fingerprint density at radius 2 is 1.15 bits per heavy atom. The zero-order valence-electron chi connectivity index (χ0n) is 19.1. The molecule has 4 aromatic carbocycles. The van der Waals surface area contributed by atoms with Crippen molar-refractivity contribution in [2.24, 2.45) is 0 Å². The van der Waals surface area contributed by atoms with Crippen molar-refractivity contribution >= 4 is 21.5 Å². The number of ether oxygens (including phenoxy) is 4. The van der Waals surface area contributed by atoms with Crippen molar-refractivity contribution in [1.82, 2.24) is 0 Å². The van der Waals surface area contributed by atoms with Crippen LogP contribution in [0.2, 0.25) is 0 Å². The van der Waals surface area contributed by atoms with Crippen molar-refractivity contribution < 1.29 is 29.2 Å². The molecule has 0 fully saturated rings. The SMILES string of the molecule is CCOCOc1cc(-c2cc(OCOCC)c3ccc(C)cc3c2O)c(O)c2ccccc12. The summed E-state index contributed by atoms with van der Waals surface area (Å²) in [7, 11) is 0. The van der Waals surface area contributed by atoms with Crippen LogP contribution in [0.1, 0.15) is 19.4 Å². The van der Waals surface area contributed by atoms with E-state index in [1.54, 1.807) is 12.1 Å². The molecule has 6 nitrogen and oxygen atoms in total. The Hall–Kier alpha value is -3.48. The lowest BCUT2D eigenvalue weighted by Gasteiger charge is -2.18. The van der Waals surface area contributed by atoms with Crippen LogP contribution in [0.3, 0.4) is 0 Å². The lowest BCUT2D eigenvalue weighted by molar-refractivity contribution is 0.0230. The molecule has 0 aliphatic heterocycles. The molecular formula is C27H28O6. The van der Waals surface area contributed by atoms with Gasteiger partial charge in [-0.25, -0.2) is 0 Å². The monoisotopic (exact) mass is 448 g/mol. The maximum absolute atomic E-state index is 11.3. The summed E-state index contributed by atoms with van der Waals surface area (Å²) in [6.45, 7) is 6.95. The molecule has 6 heteroatoms. The summed E-state index contributed by atoms with van der Waals surface area (Å²) in [6, 6.07) is 16.6. The highest BCUT2D eigenvalue weighted by Gasteiger charge is 2.20. The van der Waals surface area contributed by atoms with Crippen LogP contribution in [0.15, 0.2) is 54.6 Å². The number of phenolic OH excluding ortho intramolecular Hbond substituents is 2. The Morgan fingerprint density at radius 1 is 0.636 bits per heavy atom. The molecular weight excluding hydrogens is 420 g/mol. The number of phenols is 2. The third-order valence-corrected chi connectivity index (χ3v) is 5.50. The van der Waals surface area contributed by atoms with Crippen molar-refractivity contribution in [3.63, 3.8) is 0 Å². The van der Waals surface area contributed by atoms with Crippen molar-refractivity contribution in [2.75, 3.05) is 26.8 Å². The van der Waals surface area contributed by atoms with Gasteiger partial charge in [0.25, 0.3) is 0 Å². The number of hydrogen-bond donors (Lipinski definition) is 2. The van der Waals surface area contributed by atoms with Gasteiger partial charge in [-0.2, -0.15) is 0 Å². The van der Waals surface area contributed by atoms with Crippen LogP contribution >= 0.6 is 0 Å². The second-order valence-corrected chi connectivity index (χ2v) is 7.65. The van der Waals surface area contributed by atoms with Crippen molar-refractivity contribution in [3.8, 4) is 34.1 Å². The minimum Gasteiger partial charge on any atom is -0.507 e. The fourth-order valence-corrected chi connectivity index (χ4v) is 3.84. The predicted molar refractivity (Wildman–Crippen MR) is 129 cm³/mol. The molecule has 0 unspecified atom stereocenters. The van der Waals surface area contributed by atoms with E-state index < -0.39 is 0 Å². The summed E-state index contributed by atoms with van der Waals surface area (Å²) in [4.78, 5) is 0. The number of aryl methyl sites for hydroxylation is 1. The normalized spacial score (nSPS) is 11.2. The average Bonchev–Trinajstić information content (AvgIpc) is 2.82. The molecule has 0 heterocycles. The van der Waals surface area contributed by atoms with Gasteiger partial charge >= 0.3 is 0 Å². The van der Waals surface area contributed by atoms with E-state index in [4.69, 9.17) is 18.9 Å². The quantitative estimate of drug-likeness (QED) is 0.237. The summed E-state index contributed by atoms with van der Waals surface area (Å²) in [5.41, 5.74) is 1.86. The van der Waals surface area contributed by atoms with E-state index in [2.05, 4.69) is 0 Å². The van der Waals surface area contributed by atoms with Gasteiger partial charge in [-0.15, -0.1) is 0 Å². The summed E-state index contributed by atoms with van der Waals surface area (Å²) in [5, 5.41) is 25.2. The fourth-order valence-electron chi connectivity index (χ4n) is 3.84. The standard InChI is InChI=1S/C27H28O6/c1-4-30-15-32-24-13-22(26(28)20-9-7-6-8-18(20)24)23-14-25(33-16-31-5-2)19-11-10-17(3)12-21(19)27(23)29/h6-14,28-29H,4-5,15-16H2,1-3H3. The topological polar surface area (TPSA) is 77.4 Å². The van der Waals surface area contributed by atoms with Crippen molar-refractivity contribution in [2.45, 2.75) is 20.8 Å². The molecule has 0 aromatic heterocycles. The van der Waals surface area contributed by atoms with Crippen molar-refractivity contribution in [3.05, 3.63) is 60.2 Å². The maximum atomic E-state index is 11.3. The van der Waals surface area contributed by atoms with Gasteiger partial charge < -0.3 is 29.2 Å². The first-order chi connectivity index (χ1) is 16.0. The minimum absolute atomic E-state index is 0.0485. The first-order valence-corrected chi connectivity index (χ1v) is 11.0. The number of benzene rings is 4. The van der Waals surface area contributed by atoms with Gasteiger partial charge in [0.2, 0.25) is 0 Å². The lowest BCUT2D eigenvalue weighted by atomic mass is 9.94. The molecule has 4 aromatic rings. The molecule has 0 aliphatic carbocycles. The Labute approximate surface area is 192 Å². The van der Waals surface area contributed by atoms with Crippen LogP contribution in [-0.4, -0.2) is 37.0 Å². The number of aromatic hydroxyl groups is 2. The van der Waals surface area contributed by atoms with Gasteiger partial charge in [0.05, 0.1) is 0 Å². The molecule has 4 rings (SSSR count).